The van der Waals surface area contributed by atoms with E-state index < -0.39 is 5.91 Å². The SMILES string of the molecule is CCOc1ccc(NC(=O)/C(C#N)=C/c2cc(Br)c(OC(C)C)c(OC)c2)cc1. The number of amides is 1. The van der Waals surface area contributed by atoms with Gasteiger partial charge in [0.25, 0.3) is 5.91 Å². The van der Waals surface area contributed by atoms with Crippen LogP contribution in [0.5, 0.6) is 17.2 Å². The fraction of sp³-hybridized carbons (Fsp3) is 0.273. The molecule has 2 aromatic rings. The molecule has 0 radical (unpaired) electrons. The molecule has 2 rings (SSSR count). The van der Waals surface area contributed by atoms with Gasteiger partial charge in [0, 0.05) is 5.69 Å². The number of nitrogens with one attached hydrogen (secondary N) is 1. The molecule has 29 heavy (non-hydrogen) atoms. The Morgan fingerprint density at radius 2 is 1.97 bits per heavy atom. The van der Waals surface area contributed by atoms with E-state index in [1.807, 2.05) is 26.8 Å². The molecule has 1 amide bonds. The topological polar surface area (TPSA) is 80.6 Å². The van der Waals surface area contributed by atoms with Gasteiger partial charge in [0.2, 0.25) is 0 Å². The quantitative estimate of drug-likeness (QED) is 0.434. The zero-order valence-corrected chi connectivity index (χ0v) is 18.4. The maximum atomic E-state index is 12.5. The summed E-state index contributed by atoms with van der Waals surface area (Å²) in [5, 5.41) is 12.2. The Labute approximate surface area is 179 Å². The fourth-order valence-corrected chi connectivity index (χ4v) is 3.04. The highest BCUT2D eigenvalue weighted by Gasteiger charge is 2.15. The van der Waals surface area contributed by atoms with Crippen molar-refractivity contribution in [3.63, 3.8) is 0 Å². The Bertz CT molecular complexity index is 931. The van der Waals surface area contributed by atoms with Gasteiger partial charge in [-0.1, -0.05) is 0 Å². The Morgan fingerprint density at radius 1 is 1.28 bits per heavy atom. The Balaban J connectivity index is 2.25. The average Bonchev–Trinajstić information content (AvgIpc) is 2.69. The van der Waals surface area contributed by atoms with Gasteiger partial charge < -0.3 is 19.5 Å². The maximum absolute atomic E-state index is 12.5. The van der Waals surface area contributed by atoms with Crippen LogP contribution in [-0.2, 0) is 4.79 Å². The number of carbonyl (C=O) groups excluding carboxylic acids is 1. The van der Waals surface area contributed by atoms with Gasteiger partial charge in [-0.2, -0.15) is 5.26 Å². The average molecular weight is 459 g/mol. The van der Waals surface area contributed by atoms with E-state index in [1.165, 1.54) is 13.2 Å². The van der Waals surface area contributed by atoms with Crippen LogP contribution in [0.2, 0.25) is 0 Å². The second-order valence-corrected chi connectivity index (χ2v) is 7.14. The van der Waals surface area contributed by atoms with E-state index in [0.29, 0.717) is 39.6 Å². The molecule has 6 nitrogen and oxygen atoms in total. The van der Waals surface area contributed by atoms with Crippen molar-refractivity contribution in [2.24, 2.45) is 0 Å². The third-order valence-electron chi connectivity index (χ3n) is 3.70. The van der Waals surface area contributed by atoms with E-state index in [4.69, 9.17) is 14.2 Å². The van der Waals surface area contributed by atoms with Gasteiger partial charge in [-0.3, -0.25) is 4.79 Å². The van der Waals surface area contributed by atoms with Crippen molar-refractivity contribution in [1.29, 1.82) is 5.26 Å². The number of nitrogens with zero attached hydrogens (tertiary/aromatic N) is 1. The number of methoxy groups -OCH3 is 1. The minimum Gasteiger partial charge on any atom is -0.494 e. The van der Waals surface area contributed by atoms with E-state index in [0.717, 1.165) is 0 Å². The van der Waals surface area contributed by atoms with Crippen LogP contribution in [0.15, 0.2) is 46.4 Å². The van der Waals surface area contributed by atoms with Gasteiger partial charge in [0.1, 0.15) is 17.4 Å². The molecule has 0 aliphatic carbocycles. The van der Waals surface area contributed by atoms with Crippen LogP contribution in [0.4, 0.5) is 5.69 Å². The van der Waals surface area contributed by atoms with Crippen molar-refractivity contribution in [2.75, 3.05) is 19.0 Å². The van der Waals surface area contributed by atoms with E-state index >= 15 is 0 Å². The van der Waals surface area contributed by atoms with Gasteiger partial charge in [0.15, 0.2) is 11.5 Å². The van der Waals surface area contributed by atoms with Crippen LogP contribution in [0.1, 0.15) is 26.3 Å². The molecule has 7 heteroatoms. The summed E-state index contributed by atoms with van der Waals surface area (Å²) in [6.07, 6.45) is 1.47. The number of nitriles is 1. The van der Waals surface area contributed by atoms with E-state index in [-0.39, 0.29) is 11.7 Å². The molecule has 0 aromatic heterocycles. The minimum atomic E-state index is -0.505. The van der Waals surface area contributed by atoms with Crippen molar-refractivity contribution in [1.82, 2.24) is 0 Å². The molecule has 0 heterocycles. The molecular formula is C22H23BrN2O4. The zero-order valence-electron chi connectivity index (χ0n) is 16.8. The highest BCUT2D eigenvalue weighted by atomic mass is 79.9. The van der Waals surface area contributed by atoms with E-state index in [1.54, 1.807) is 36.4 Å². The number of halogens is 1. The summed E-state index contributed by atoms with van der Waals surface area (Å²) >= 11 is 3.46. The molecule has 2 aromatic carbocycles. The number of rotatable bonds is 8. The number of benzene rings is 2. The molecule has 1 N–H and O–H groups in total. The Kier molecular flexibility index (Phi) is 8.10. The van der Waals surface area contributed by atoms with Gasteiger partial charge >= 0.3 is 0 Å². The standard InChI is InChI=1S/C22H23BrN2O4/c1-5-28-18-8-6-17(7-9-18)25-22(26)16(13-24)10-15-11-19(23)21(29-14(2)3)20(12-15)27-4/h6-12,14H,5H2,1-4H3,(H,25,26)/b16-10+. The smallest absolute Gasteiger partial charge is 0.266 e. The molecule has 0 unspecified atom stereocenters. The van der Waals surface area contributed by atoms with Crippen LogP contribution in [0.3, 0.4) is 0 Å². The van der Waals surface area contributed by atoms with Gasteiger partial charge in [0.05, 0.1) is 24.3 Å². The lowest BCUT2D eigenvalue weighted by Crippen LogP contribution is -2.13. The lowest BCUT2D eigenvalue weighted by molar-refractivity contribution is -0.112. The highest BCUT2D eigenvalue weighted by molar-refractivity contribution is 9.10. The molecule has 0 saturated carbocycles. The van der Waals surface area contributed by atoms with Gasteiger partial charge in [-0.15, -0.1) is 0 Å². The molecule has 0 fully saturated rings. The van der Waals surface area contributed by atoms with Crippen molar-refractivity contribution >= 4 is 33.6 Å². The highest BCUT2D eigenvalue weighted by Crippen LogP contribution is 2.38. The molecule has 0 aliphatic rings. The van der Waals surface area contributed by atoms with Crippen LogP contribution in [0, 0.1) is 11.3 Å². The summed E-state index contributed by atoms with van der Waals surface area (Å²) in [6, 6.07) is 12.4. The molecule has 0 saturated heterocycles. The van der Waals surface area contributed by atoms with Crippen molar-refractivity contribution in [3.8, 4) is 23.3 Å². The first kappa shape index (κ1) is 22.3. The minimum absolute atomic E-state index is 0.0313. The largest absolute Gasteiger partial charge is 0.494 e. The second kappa shape index (κ2) is 10.5. The van der Waals surface area contributed by atoms with Crippen LogP contribution >= 0.6 is 15.9 Å². The first-order valence-corrected chi connectivity index (χ1v) is 9.87. The van der Waals surface area contributed by atoms with E-state index in [2.05, 4.69) is 21.2 Å². The van der Waals surface area contributed by atoms with Crippen LogP contribution < -0.4 is 19.5 Å². The Morgan fingerprint density at radius 3 is 2.52 bits per heavy atom. The summed E-state index contributed by atoms with van der Waals surface area (Å²) < 4.78 is 17.2. The summed E-state index contributed by atoms with van der Waals surface area (Å²) in [7, 11) is 1.53. The summed E-state index contributed by atoms with van der Waals surface area (Å²) in [4.78, 5) is 12.5. The predicted molar refractivity (Wildman–Crippen MR) is 116 cm³/mol. The van der Waals surface area contributed by atoms with Crippen molar-refractivity contribution in [2.45, 2.75) is 26.9 Å². The lowest BCUT2D eigenvalue weighted by Gasteiger charge is -2.16. The molecule has 0 atom stereocenters. The lowest BCUT2D eigenvalue weighted by atomic mass is 10.1. The number of ether oxygens (including phenoxy) is 3. The molecule has 0 aliphatic heterocycles. The van der Waals surface area contributed by atoms with E-state index in [9.17, 15) is 10.1 Å². The summed E-state index contributed by atoms with van der Waals surface area (Å²) in [5.74, 6) is 1.27. The van der Waals surface area contributed by atoms with Crippen molar-refractivity contribution < 1.29 is 19.0 Å². The third kappa shape index (κ3) is 6.26. The summed E-state index contributed by atoms with van der Waals surface area (Å²) in [6.45, 7) is 6.29. The maximum Gasteiger partial charge on any atom is 0.266 e. The zero-order chi connectivity index (χ0) is 21.4. The number of carbonyl (C=O) groups is 1. The molecule has 152 valence electrons. The Hall–Kier alpha value is -2.98. The fourth-order valence-electron chi connectivity index (χ4n) is 2.49. The monoisotopic (exact) mass is 458 g/mol. The molecular weight excluding hydrogens is 436 g/mol. The van der Waals surface area contributed by atoms with Crippen LogP contribution in [0.25, 0.3) is 6.08 Å². The molecule has 0 spiro atoms. The normalized spacial score (nSPS) is 11.0. The van der Waals surface area contributed by atoms with Gasteiger partial charge in [-0.25, -0.2) is 0 Å². The third-order valence-corrected chi connectivity index (χ3v) is 4.29. The first-order valence-electron chi connectivity index (χ1n) is 9.08. The first-order chi connectivity index (χ1) is 13.9. The predicted octanol–water partition coefficient (Wildman–Crippen LogP) is 5.19. The number of anilines is 1. The molecule has 0 bridgehead atoms. The second-order valence-electron chi connectivity index (χ2n) is 6.28. The van der Waals surface area contributed by atoms with Gasteiger partial charge in [-0.05, 0) is 84.7 Å². The number of hydrogen-bond donors (Lipinski definition) is 1. The number of hydrogen-bond acceptors (Lipinski definition) is 5. The van der Waals surface area contributed by atoms with Crippen molar-refractivity contribution in [3.05, 3.63) is 52.0 Å². The summed E-state index contributed by atoms with van der Waals surface area (Å²) in [5.41, 5.74) is 1.16. The van der Waals surface area contributed by atoms with Crippen LogP contribution in [-0.4, -0.2) is 25.7 Å².